The van der Waals surface area contributed by atoms with E-state index in [0.717, 1.165) is 11.1 Å². The summed E-state index contributed by atoms with van der Waals surface area (Å²) in [6.45, 7) is 3.92. The topological polar surface area (TPSA) is 68.0 Å². The molecule has 5 nitrogen and oxygen atoms in total. The summed E-state index contributed by atoms with van der Waals surface area (Å²) in [5.41, 5.74) is 2.39. The van der Waals surface area contributed by atoms with Crippen molar-refractivity contribution in [3.8, 4) is 0 Å². The van der Waals surface area contributed by atoms with Gasteiger partial charge in [0.1, 0.15) is 12.1 Å². The Kier molecular flexibility index (Phi) is 2.68. The van der Waals surface area contributed by atoms with Crippen molar-refractivity contribution in [3.05, 3.63) is 41.7 Å². The molecule has 1 N–H and O–H groups in total. The average Bonchev–Trinajstić information content (AvgIpc) is 2.77. The third kappa shape index (κ3) is 2.08. The molecule has 1 amide bonds. The van der Waals surface area contributed by atoms with E-state index in [0.29, 0.717) is 5.82 Å². The minimum absolute atomic E-state index is 0. The standard InChI is InChI=1S/C11H11N3O2.H2/c1-7-3-10(12-4-8(7)2)14-11(15)9-5-16-6-13-9;/h3-6H,1-2H3,(H,12,14,15);1H. The number of hydrogen-bond acceptors (Lipinski definition) is 4. The van der Waals surface area contributed by atoms with Crippen LogP contribution >= 0.6 is 0 Å². The van der Waals surface area contributed by atoms with Gasteiger partial charge in [0.15, 0.2) is 12.1 Å². The lowest BCUT2D eigenvalue weighted by molar-refractivity contribution is 0.102. The van der Waals surface area contributed by atoms with Gasteiger partial charge >= 0.3 is 0 Å². The van der Waals surface area contributed by atoms with E-state index in [9.17, 15) is 4.79 Å². The Morgan fingerprint density at radius 2 is 2.19 bits per heavy atom. The highest BCUT2D eigenvalue weighted by atomic mass is 16.3. The molecule has 2 heterocycles. The van der Waals surface area contributed by atoms with Gasteiger partial charge < -0.3 is 9.73 Å². The van der Waals surface area contributed by atoms with Crippen LogP contribution in [0.3, 0.4) is 0 Å². The molecular formula is C11H13N3O2. The molecule has 2 aromatic heterocycles. The molecule has 0 aromatic carbocycles. The predicted octanol–water partition coefficient (Wildman–Crippen LogP) is 2.18. The summed E-state index contributed by atoms with van der Waals surface area (Å²) in [4.78, 5) is 19.4. The summed E-state index contributed by atoms with van der Waals surface area (Å²) < 4.78 is 4.72. The first-order valence-electron chi connectivity index (χ1n) is 4.79. The minimum atomic E-state index is -0.329. The molecule has 2 aromatic rings. The fourth-order valence-corrected chi connectivity index (χ4v) is 1.20. The van der Waals surface area contributed by atoms with Gasteiger partial charge in [-0.2, -0.15) is 0 Å². The molecule has 0 spiro atoms. The van der Waals surface area contributed by atoms with Gasteiger partial charge in [0, 0.05) is 7.62 Å². The molecule has 0 bridgehead atoms. The van der Waals surface area contributed by atoms with E-state index in [4.69, 9.17) is 4.42 Å². The van der Waals surface area contributed by atoms with Crippen LogP contribution in [-0.2, 0) is 0 Å². The largest absolute Gasteiger partial charge is 0.451 e. The molecule has 0 aliphatic carbocycles. The summed E-state index contributed by atoms with van der Waals surface area (Å²) in [6, 6.07) is 1.81. The Labute approximate surface area is 94.0 Å². The summed E-state index contributed by atoms with van der Waals surface area (Å²) in [5, 5.41) is 2.64. The normalized spacial score (nSPS) is 10.1. The van der Waals surface area contributed by atoms with E-state index in [1.165, 1.54) is 12.7 Å². The summed E-state index contributed by atoms with van der Waals surface area (Å²) in [6.07, 6.45) is 4.22. The number of carbonyl (C=O) groups is 1. The third-order valence-electron chi connectivity index (χ3n) is 2.28. The van der Waals surface area contributed by atoms with Crippen LogP contribution in [0.1, 0.15) is 23.0 Å². The number of aryl methyl sites for hydroxylation is 2. The Morgan fingerprint density at radius 1 is 1.38 bits per heavy atom. The quantitative estimate of drug-likeness (QED) is 0.840. The first kappa shape index (κ1) is 10.4. The molecule has 16 heavy (non-hydrogen) atoms. The smallest absolute Gasteiger partial charge is 0.278 e. The maximum atomic E-state index is 11.6. The van der Waals surface area contributed by atoms with E-state index in [-0.39, 0.29) is 13.0 Å². The SMILES string of the molecule is Cc1cnc(NC(=O)c2cocn2)cc1C.[HH]. The molecule has 5 heteroatoms. The van der Waals surface area contributed by atoms with Crippen LogP contribution in [0.2, 0.25) is 0 Å². The summed E-state index contributed by atoms with van der Waals surface area (Å²) in [5.74, 6) is 0.181. The number of pyridine rings is 1. The Balaban J connectivity index is 0.00000144. The van der Waals surface area contributed by atoms with Gasteiger partial charge in [-0.25, -0.2) is 9.97 Å². The number of amides is 1. The van der Waals surface area contributed by atoms with Crippen molar-refractivity contribution in [1.29, 1.82) is 0 Å². The minimum Gasteiger partial charge on any atom is -0.451 e. The van der Waals surface area contributed by atoms with E-state index < -0.39 is 0 Å². The number of carbonyl (C=O) groups excluding carboxylic acids is 1. The van der Waals surface area contributed by atoms with Gasteiger partial charge in [0.25, 0.3) is 5.91 Å². The van der Waals surface area contributed by atoms with E-state index in [1.807, 2.05) is 19.9 Å². The zero-order chi connectivity index (χ0) is 11.5. The maximum absolute atomic E-state index is 11.6. The van der Waals surface area contributed by atoms with Crippen molar-refractivity contribution >= 4 is 11.7 Å². The summed E-state index contributed by atoms with van der Waals surface area (Å²) >= 11 is 0. The molecule has 0 unspecified atom stereocenters. The first-order valence-corrected chi connectivity index (χ1v) is 4.79. The van der Waals surface area contributed by atoms with Crippen LogP contribution in [0, 0.1) is 13.8 Å². The maximum Gasteiger partial charge on any atom is 0.278 e. The zero-order valence-corrected chi connectivity index (χ0v) is 9.02. The van der Waals surface area contributed by atoms with Crippen LogP contribution in [-0.4, -0.2) is 15.9 Å². The van der Waals surface area contributed by atoms with Crippen molar-refractivity contribution in [2.45, 2.75) is 13.8 Å². The number of oxazole rings is 1. The second kappa shape index (κ2) is 4.14. The van der Waals surface area contributed by atoms with Crippen LogP contribution < -0.4 is 5.32 Å². The van der Waals surface area contributed by atoms with Crippen molar-refractivity contribution in [2.24, 2.45) is 0 Å². The zero-order valence-electron chi connectivity index (χ0n) is 9.02. The van der Waals surface area contributed by atoms with E-state index >= 15 is 0 Å². The number of hydrogen-bond donors (Lipinski definition) is 1. The number of nitrogens with one attached hydrogen (secondary N) is 1. The highest BCUT2D eigenvalue weighted by molar-refractivity contribution is 6.02. The second-order valence-electron chi connectivity index (χ2n) is 3.48. The van der Waals surface area contributed by atoms with Gasteiger partial charge in [-0.3, -0.25) is 4.79 Å². The average molecular weight is 219 g/mol. The summed E-state index contributed by atoms with van der Waals surface area (Å²) in [7, 11) is 0. The van der Waals surface area contributed by atoms with Gasteiger partial charge in [-0.05, 0) is 31.0 Å². The predicted molar refractivity (Wildman–Crippen MR) is 60.3 cm³/mol. The Hall–Kier alpha value is -2.17. The number of rotatable bonds is 2. The molecular weight excluding hydrogens is 206 g/mol. The monoisotopic (exact) mass is 219 g/mol. The van der Waals surface area contributed by atoms with Gasteiger partial charge in [-0.1, -0.05) is 0 Å². The molecule has 0 saturated heterocycles. The number of aromatic nitrogens is 2. The molecule has 0 aliphatic rings. The van der Waals surface area contributed by atoms with Crippen molar-refractivity contribution in [2.75, 3.05) is 5.32 Å². The molecule has 0 fully saturated rings. The lowest BCUT2D eigenvalue weighted by Gasteiger charge is -2.04. The fourth-order valence-electron chi connectivity index (χ4n) is 1.20. The van der Waals surface area contributed by atoms with Crippen LogP contribution in [0.15, 0.2) is 29.3 Å². The second-order valence-corrected chi connectivity index (χ2v) is 3.48. The van der Waals surface area contributed by atoms with E-state index in [2.05, 4.69) is 15.3 Å². The number of anilines is 1. The molecule has 2 rings (SSSR count). The lowest BCUT2D eigenvalue weighted by Crippen LogP contribution is -2.13. The van der Waals surface area contributed by atoms with Crippen LogP contribution in [0.25, 0.3) is 0 Å². The van der Waals surface area contributed by atoms with Gasteiger partial charge in [0.05, 0.1) is 0 Å². The lowest BCUT2D eigenvalue weighted by atomic mass is 10.2. The Bertz CT molecular complexity index is 511. The van der Waals surface area contributed by atoms with Crippen molar-refractivity contribution < 1.29 is 10.6 Å². The molecule has 0 radical (unpaired) electrons. The highest BCUT2D eigenvalue weighted by Crippen LogP contribution is 2.11. The molecule has 0 aliphatic heterocycles. The number of nitrogens with zero attached hydrogens (tertiary/aromatic N) is 2. The Morgan fingerprint density at radius 3 is 2.81 bits per heavy atom. The molecule has 0 atom stereocenters. The fraction of sp³-hybridized carbons (Fsp3) is 0.182. The van der Waals surface area contributed by atoms with E-state index in [1.54, 1.807) is 6.20 Å². The first-order chi connectivity index (χ1) is 7.66. The molecule has 84 valence electrons. The van der Waals surface area contributed by atoms with Gasteiger partial charge in [0.2, 0.25) is 0 Å². The molecule has 0 saturated carbocycles. The van der Waals surface area contributed by atoms with Crippen LogP contribution in [0.4, 0.5) is 5.82 Å². The third-order valence-corrected chi connectivity index (χ3v) is 2.28. The highest BCUT2D eigenvalue weighted by Gasteiger charge is 2.09. The van der Waals surface area contributed by atoms with Crippen LogP contribution in [0.5, 0.6) is 0 Å². The van der Waals surface area contributed by atoms with Gasteiger partial charge in [-0.15, -0.1) is 0 Å². The van der Waals surface area contributed by atoms with Crippen molar-refractivity contribution in [3.63, 3.8) is 0 Å². The van der Waals surface area contributed by atoms with Crippen molar-refractivity contribution in [1.82, 2.24) is 9.97 Å².